The van der Waals surface area contributed by atoms with Gasteiger partial charge in [0, 0.05) is 30.4 Å². The van der Waals surface area contributed by atoms with Crippen LogP contribution in [-0.4, -0.2) is 20.4 Å². The van der Waals surface area contributed by atoms with Crippen LogP contribution in [0.25, 0.3) is 11.0 Å². The van der Waals surface area contributed by atoms with Gasteiger partial charge in [0.25, 0.3) is 5.91 Å². The Bertz CT molecular complexity index is 1000. The molecule has 1 aliphatic rings. The maximum Gasteiger partial charge on any atom is 0.326 e. The third-order valence-corrected chi connectivity index (χ3v) is 4.54. The molecule has 0 bridgehead atoms. The molecule has 25 heavy (non-hydrogen) atoms. The predicted molar refractivity (Wildman–Crippen MR) is 95.1 cm³/mol. The first-order chi connectivity index (χ1) is 12.1. The Morgan fingerprint density at radius 3 is 2.96 bits per heavy atom. The molecule has 1 fully saturated rings. The number of nitrogen functional groups attached to an aromatic ring is 1. The maximum atomic E-state index is 12.4. The third kappa shape index (κ3) is 3.13. The van der Waals surface area contributed by atoms with Gasteiger partial charge >= 0.3 is 5.69 Å². The zero-order valence-electron chi connectivity index (χ0n) is 13.7. The van der Waals surface area contributed by atoms with Gasteiger partial charge in [0.15, 0.2) is 0 Å². The van der Waals surface area contributed by atoms with Gasteiger partial charge < -0.3 is 16.0 Å². The number of nitrogens with zero attached hydrogens (tertiary/aromatic N) is 2. The van der Waals surface area contributed by atoms with Gasteiger partial charge in [-0.3, -0.25) is 9.36 Å². The van der Waals surface area contributed by atoms with Crippen LogP contribution in [0.15, 0.2) is 41.3 Å². The molecule has 2 aromatic heterocycles. The lowest BCUT2D eigenvalue weighted by atomic mass is 10.1. The van der Waals surface area contributed by atoms with Gasteiger partial charge in [-0.15, -0.1) is 0 Å². The quantitative estimate of drug-likeness (QED) is 0.658. The van der Waals surface area contributed by atoms with Crippen LogP contribution >= 0.6 is 0 Å². The molecular formula is C18H19N5O2. The van der Waals surface area contributed by atoms with Crippen molar-refractivity contribution in [3.8, 4) is 0 Å². The second kappa shape index (κ2) is 6.08. The topological polar surface area (TPSA) is 106 Å². The number of amides is 1. The standard InChI is InChI=1S/C18H19N5O2/c19-16-13(2-1-7-20-16)9-21-17(24)12-5-6-15-14(8-12)22-18(25)23(15)10-11-3-4-11/h1-2,5-8,11H,3-4,9-10H2,(H2,19,20)(H,21,24)(H,22,25). The lowest BCUT2D eigenvalue weighted by Gasteiger charge is -2.07. The van der Waals surface area contributed by atoms with Crippen molar-refractivity contribution in [2.24, 2.45) is 5.92 Å². The van der Waals surface area contributed by atoms with Crippen molar-refractivity contribution >= 4 is 22.8 Å². The van der Waals surface area contributed by atoms with E-state index in [1.165, 1.54) is 12.8 Å². The Hall–Kier alpha value is -3.09. The molecule has 4 rings (SSSR count). The molecule has 0 aliphatic heterocycles. The Balaban J connectivity index is 1.53. The molecule has 4 N–H and O–H groups in total. The first-order valence-electron chi connectivity index (χ1n) is 8.32. The summed E-state index contributed by atoms with van der Waals surface area (Å²) in [6, 6.07) is 8.87. The molecule has 0 unspecified atom stereocenters. The van der Waals surface area contributed by atoms with Crippen LogP contribution in [0.5, 0.6) is 0 Å². The van der Waals surface area contributed by atoms with Crippen LogP contribution < -0.4 is 16.7 Å². The molecule has 3 aromatic rings. The van der Waals surface area contributed by atoms with Crippen molar-refractivity contribution in [2.75, 3.05) is 5.73 Å². The number of anilines is 1. The van der Waals surface area contributed by atoms with Gasteiger partial charge in [-0.05, 0) is 43.0 Å². The summed E-state index contributed by atoms with van der Waals surface area (Å²) in [6.07, 6.45) is 3.96. The van der Waals surface area contributed by atoms with E-state index in [2.05, 4.69) is 15.3 Å². The van der Waals surface area contributed by atoms with E-state index >= 15 is 0 Å². The van der Waals surface area contributed by atoms with E-state index in [-0.39, 0.29) is 11.6 Å². The molecule has 0 saturated heterocycles. The number of pyridine rings is 1. The van der Waals surface area contributed by atoms with E-state index in [0.29, 0.717) is 29.4 Å². The fourth-order valence-corrected chi connectivity index (χ4v) is 2.92. The predicted octanol–water partition coefficient (Wildman–Crippen LogP) is 1.65. The number of aromatic nitrogens is 3. The lowest BCUT2D eigenvalue weighted by Crippen LogP contribution is -2.23. The first kappa shape index (κ1) is 15.4. The summed E-state index contributed by atoms with van der Waals surface area (Å²) >= 11 is 0. The maximum absolute atomic E-state index is 12.4. The Morgan fingerprint density at radius 1 is 1.36 bits per heavy atom. The minimum Gasteiger partial charge on any atom is -0.383 e. The highest BCUT2D eigenvalue weighted by Gasteiger charge is 2.23. The Morgan fingerprint density at radius 2 is 2.20 bits per heavy atom. The molecule has 0 spiro atoms. The normalized spacial score (nSPS) is 13.9. The molecule has 0 radical (unpaired) electrons. The Kier molecular flexibility index (Phi) is 3.76. The minimum atomic E-state index is -0.221. The Labute approximate surface area is 143 Å². The SMILES string of the molecule is Nc1ncccc1CNC(=O)c1ccc2c(c1)[nH]c(=O)n2CC1CC1. The van der Waals surface area contributed by atoms with Gasteiger partial charge in [0.05, 0.1) is 11.0 Å². The van der Waals surface area contributed by atoms with E-state index in [4.69, 9.17) is 5.73 Å². The van der Waals surface area contributed by atoms with Crippen molar-refractivity contribution in [2.45, 2.75) is 25.9 Å². The fraction of sp³-hybridized carbons (Fsp3) is 0.278. The van der Waals surface area contributed by atoms with E-state index in [1.54, 1.807) is 29.0 Å². The highest BCUT2D eigenvalue weighted by molar-refractivity contribution is 5.97. The number of rotatable bonds is 5. The van der Waals surface area contributed by atoms with Gasteiger partial charge in [-0.25, -0.2) is 9.78 Å². The van der Waals surface area contributed by atoms with Crippen molar-refractivity contribution in [3.05, 3.63) is 58.1 Å². The molecule has 128 valence electrons. The van der Waals surface area contributed by atoms with Crippen molar-refractivity contribution < 1.29 is 4.79 Å². The molecule has 7 heteroatoms. The highest BCUT2D eigenvalue weighted by atomic mass is 16.2. The number of benzene rings is 1. The van der Waals surface area contributed by atoms with Crippen molar-refractivity contribution in [1.29, 1.82) is 0 Å². The molecule has 7 nitrogen and oxygen atoms in total. The number of carbonyl (C=O) groups excluding carboxylic acids is 1. The van der Waals surface area contributed by atoms with Crippen LogP contribution in [-0.2, 0) is 13.1 Å². The number of imidazole rings is 1. The van der Waals surface area contributed by atoms with Crippen molar-refractivity contribution in [3.63, 3.8) is 0 Å². The summed E-state index contributed by atoms with van der Waals surface area (Å²) < 4.78 is 1.75. The van der Waals surface area contributed by atoms with Crippen LogP contribution in [0.3, 0.4) is 0 Å². The summed E-state index contributed by atoms with van der Waals surface area (Å²) in [4.78, 5) is 31.3. The largest absolute Gasteiger partial charge is 0.383 e. The van der Waals surface area contributed by atoms with Crippen LogP contribution in [0.1, 0.15) is 28.8 Å². The van der Waals surface area contributed by atoms with Crippen LogP contribution in [0.4, 0.5) is 5.82 Å². The van der Waals surface area contributed by atoms with Gasteiger partial charge in [-0.2, -0.15) is 0 Å². The number of hydrogen-bond acceptors (Lipinski definition) is 4. The number of H-pyrrole nitrogens is 1. The lowest BCUT2D eigenvalue weighted by molar-refractivity contribution is 0.0951. The zero-order chi connectivity index (χ0) is 17.4. The fourth-order valence-electron chi connectivity index (χ4n) is 2.92. The number of fused-ring (bicyclic) bond motifs is 1. The monoisotopic (exact) mass is 337 g/mol. The number of aromatic amines is 1. The second-order valence-electron chi connectivity index (χ2n) is 6.45. The summed E-state index contributed by atoms with van der Waals surface area (Å²) in [7, 11) is 0. The van der Waals surface area contributed by atoms with Crippen LogP contribution in [0.2, 0.25) is 0 Å². The zero-order valence-corrected chi connectivity index (χ0v) is 13.7. The van der Waals surface area contributed by atoms with Crippen LogP contribution in [0, 0.1) is 5.92 Å². The van der Waals surface area contributed by atoms with Gasteiger partial charge in [-0.1, -0.05) is 6.07 Å². The number of nitrogens with two attached hydrogens (primary N) is 1. The average molecular weight is 337 g/mol. The van der Waals surface area contributed by atoms with Gasteiger partial charge in [0.1, 0.15) is 5.82 Å². The summed E-state index contributed by atoms with van der Waals surface area (Å²) in [5.41, 5.74) is 8.43. The van der Waals surface area contributed by atoms with E-state index in [1.807, 2.05) is 12.1 Å². The van der Waals surface area contributed by atoms with Crippen molar-refractivity contribution in [1.82, 2.24) is 19.9 Å². The third-order valence-electron chi connectivity index (χ3n) is 4.54. The van der Waals surface area contributed by atoms with E-state index in [0.717, 1.165) is 17.6 Å². The smallest absolute Gasteiger partial charge is 0.326 e. The first-order valence-corrected chi connectivity index (χ1v) is 8.32. The molecule has 1 aromatic carbocycles. The molecular weight excluding hydrogens is 318 g/mol. The van der Waals surface area contributed by atoms with E-state index in [9.17, 15) is 9.59 Å². The summed E-state index contributed by atoms with van der Waals surface area (Å²) in [5, 5.41) is 2.83. The summed E-state index contributed by atoms with van der Waals surface area (Å²) in [5.74, 6) is 0.783. The second-order valence-corrected chi connectivity index (χ2v) is 6.45. The average Bonchev–Trinajstić information content (AvgIpc) is 3.37. The molecule has 2 heterocycles. The number of nitrogens with one attached hydrogen (secondary N) is 2. The van der Waals surface area contributed by atoms with Gasteiger partial charge in [0.2, 0.25) is 0 Å². The number of carbonyl (C=O) groups is 1. The molecule has 0 atom stereocenters. The molecule has 1 saturated carbocycles. The summed E-state index contributed by atoms with van der Waals surface area (Å²) in [6.45, 7) is 1.04. The van der Waals surface area contributed by atoms with E-state index < -0.39 is 0 Å². The molecule has 1 amide bonds. The minimum absolute atomic E-state index is 0.123. The molecule has 1 aliphatic carbocycles. The number of hydrogen-bond donors (Lipinski definition) is 3. The highest BCUT2D eigenvalue weighted by Crippen LogP contribution is 2.31.